The van der Waals surface area contributed by atoms with Gasteiger partial charge in [0.1, 0.15) is 24.2 Å². The van der Waals surface area contributed by atoms with Gasteiger partial charge in [-0.05, 0) is 62.7 Å². The molecule has 0 aliphatic heterocycles. The normalized spacial score (nSPS) is 11.9. The molecule has 0 unspecified atom stereocenters. The Labute approximate surface area is 206 Å². The maximum absolute atomic E-state index is 12.4. The molecule has 0 aliphatic rings. The lowest BCUT2D eigenvalue weighted by Crippen LogP contribution is -2.35. The number of unbranched alkanes of at least 4 members (excludes halogenated alkanes) is 5. The van der Waals surface area contributed by atoms with Gasteiger partial charge in [0.2, 0.25) is 0 Å². The van der Waals surface area contributed by atoms with E-state index in [1.54, 1.807) is 7.11 Å². The minimum absolute atomic E-state index is 0.126. The van der Waals surface area contributed by atoms with Gasteiger partial charge in [0.05, 0.1) is 7.11 Å². The van der Waals surface area contributed by atoms with E-state index in [1.165, 1.54) is 31.2 Å². The van der Waals surface area contributed by atoms with Crippen LogP contribution in [0, 0.1) is 0 Å². The molecule has 0 saturated heterocycles. The molecule has 0 N–H and O–H groups in total. The number of carbonyl (C=O) groups is 1. The van der Waals surface area contributed by atoms with Gasteiger partial charge in [-0.15, -0.1) is 0 Å². The quantitative estimate of drug-likeness (QED) is 0.207. The van der Waals surface area contributed by atoms with Crippen molar-refractivity contribution in [3.05, 3.63) is 59.7 Å². The Morgan fingerprint density at radius 1 is 0.912 bits per heavy atom. The van der Waals surface area contributed by atoms with Gasteiger partial charge >= 0.3 is 5.97 Å². The number of likely N-dealkylation sites (N-methyl/N-ethyl adjacent to an activating group) is 1. The number of rotatable bonds is 17. The minimum atomic E-state index is -0.294. The number of carbonyl (C=O) groups excluding carboxylic acids is 1. The minimum Gasteiger partial charge on any atom is -0.497 e. The molecule has 0 amide bonds. The lowest BCUT2D eigenvalue weighted by molar-refractivity contribution is -0.151. The highest BCUT2D eigenvalue weighted by Crippen LogP contribution is 2.21. The second-order valence-corrected chi connectivity index (χ2v) is 9.16. The number of esters is 1. The van der Waals surface area contributed by atoms with Crippen molar-refractivity contribution >= 4 is 5.97 Å². The molecule has 2 aromatic rings. The van der Waals surface area contributed by atoms with E-state index in [-0.39, 0.29) is 12.1 Å². The summed E-state index contributed by atoms with van der Waals surface area (Å²) in [5, 5.41) is 0. The molecule has 5 nitrogen and oxygen atoms in total. The topological polar surface area (TPSA) is 48.0 Å². The van der Waals surface area contributed by atoms with Gasteiger partial charge in [-0.1, -0.05) is 69.4 Å². The number of nitrogens with zero attached hydrogens (tertiary/aromatic N) is 1. The van der Waals surface area contributed by atoms with Crippen molar-refractivity contribution in [1.82, 2.24) is 4.90 Å². The molecule has 188 valence electrons. The zero-order chi connectivity index (χ0) is 24.6. The highest BCUT2D eigenvalue weighted by molar-refractivity contribution is 5.69. The largest absolute Gasteiger partial charge is 0.497 e. The predicted molar refractivity (Wildman–Crippen MR) is 139 cm³/mol. The van der Waals surface area contributed by atoms with Crippen LogP contribution in [0.25, 0.3) is 0 Å². The van der Waals surface area contributed by atoms with Crippen molar-refractivity contribution in [3.8, 4) is 11.5 Å². The zero-order valence-corrected chi connectivity index (χ0v) is 21.6. The molecule has 34 heavy (non-hydrogen) atoms. The lowest BCUT2D eigenvalue weighted by atomic mass is 10.0. The summed E-state index contributed by atoms with van der Waals surface area (Å²) in [5.41, 5.74) is 2.41. The van der Waals surface area contributed by atoms with Crippen LogP contribution in [0.1, 0.15) is 63.0 Å². The van der Waals surface area contributed by atoms with Gasteiger partial charge in [0.25, 0.3) is 0 Å². The Hall–Kier alpha value is -2.53. The van der Waals surface area contributed by atoms with Crippen molar-refractivity contribution in [2.75, 3.05) is 34.4 Å². The Kier molecular flexibility index (Phi) is 13.2. The van der Waals surface area contributed by atoms with Gasteiger partial charge in [-0.25, -0.2) is 0 Å². The van der Waals surface area contributed by atoms with Gasteiger partial charge in [0, 0.05) is 13.0 Å². The number of hydrogen-bond donors (Lipinski definition) is 0. The molecule has 0 fully saturated rings. The van der Waals surface area contributed by atoms with E-state index in [2.05, 4.69) is 25.1 Å². The Morgan fingerprint density at radius 3 is 2.32 bits per heavy atom. The highest BCUT2D eigenvalue weighted by Gasteiger charge is 2.17. The summed E-state index contributed by atoms with van der Waals surface area (Å²) >= 11 is 0. The van der Waals surface area contributed by atoms with E-state index in [4.69, 9.17) is 14.2 Å². The summed E-state index contributed by atoms with van der Waals surface area (Å²) in [7, 11) is 5.65. The molecular weight excluding hydrogens is 426 g/mol. The Balaban J connectivity index is 1.86. The van der Waals surface area contributed by atoms with Crippen LogP contribution in [0.4, 0.5) is 0 Å². The van der Waals surface area contributed by atoms with Crippen LogP contribution in [0.3, 0.4) is 0 Å². The molecular formula is C29H43NO4. The molecule has 0 spiro atoms. The van der Waals surface area contributed by atoms with Crippen LogP contribution in [0.5, 0.6) is 11.5 Å². The number of benzene rings is 2. The van der Waals surface area contributed by atoms with Crippen LogP contribution in [-0.4, -0.2) is 51.3 Å². The molecule has 0 saturated carbocycles. The van der Waals surface area contributed by atoms with Gasteiger partial charge in [0.15, 0.2) is 0 Å². The van der Waals surface area contributed by atoms with Crippen molar-refractivity contribution < 1.29 is 19.0 Å². The van der Waals surface area contributed by atoms with Crippen molar-refractivity contribution in [1.29, 1.82) is 0 Å². The third-order valence-electron chi connectivity index (χ3n) is 5.84. The standard InChI is InChI=1S/C29H43NO4/c1-5-6-7-8-9-10-15-29(31)34-27(22-30(2)3)23-33-28-14-12-11-13-25(28)19-16-24-17-20-26(32-4)21-18-24/h11-14,17-18,20-21,27H,5-10,15-16,19,22-23H2,1-4H3/t27-/m1/s1. The molecule has 0 aliphatic carbocycles. The maximum Gasteiger partial charge on any atom is 0.306 e. The third-order valence-corrected chi connectivity index (χ3v) is 5.84. The fraction of sp³-hybridized carbons (Fsp3) is 0.552. The molecule has 2 aromatic carbocycles. The van der Waals surface area contributed by atoms with E-state index >= 15 is 0 Å². The monoisotopic (exact) mass is 469 g/mol. The lowest BCUT2D eigenvalue weighted by Gasteiger charge is -2.22. The molecule has 2 rings (SSSR count). The first kappa shape index (κ1) is 27.7. The summed E-state index contributed by atoms with van der Waals surface area (Å²) in [6, 6.07) is 16.3. The van der Waals surface area contributed by atoms with Gasteiger partial charge < -0.3 is 19.1 Å². The van der Waals surface area contributed by atoms with Crippen LogP contribution in [-0.2, 0) is 22.4 Å². The smallest absolute Gasteiger partial charge is 0.306 e. The second kappa shape index (κ2) is 16.2. The molecule has 1 atom stereocenters. The molecule has 0 bridgehead atoms. The van der Waals surface area contributed by atoms with E-state index in [0.29, 0.717) is 19.6 Å². The van der Waals surface area contributed by atoms with Gasteiger partial charge in [-0.3, -0.25) is 4.79 Å². The third kappa shape index (κ3) is 11.1. The van der Waals surface area contributed by atoms with Crippen molar-refractivity contribution in [3.63, 3.8) is 0 Å². The Morgan fingerprint density at radius 2 is 1.62 bits per heavy atom. The SMILES string of the molecule is CCCCCCCCC(=O)O[C@@H](COc1ccccc1CCc1ccc(OC)cc1)CN(C)C. The number of aryl methyl sites for hydroxylation is 2. The summed E-state index contributed by atoms with van der Waals surface area (Å²) in [6.07, 6.45) is 8.91. The first-order valence-electron chi connectivity index (χ1n) is 12.7. The summed E-state index contributed by atoms with van der Waals surface area (Å²) in [5.74, 6) is 1.59. The zero-order valence-electron chi connectivity index (χ0n) is 21.6. The predicted octanol–water partition coefficient (Wildman–Crippen LogP) is 6.08. The molecule has 0 aromatic heterocycles. The maximum atomic E-state index is 12.4. The fourth-order valence-corrected chi connectivity index (χ4v) is 3.93. The molecule has 0 heterocycles. The number of hydrogen-bond acceptors (Lipinski definition) is 5. The first-order valence-corrected chi connectivity index (χ1v) is 12.7. The van der Waals surface area contributed by atoms with E-state index in [9.17, 15) is 4.79 Å². The first-order chi connectivity index (χ1) is 16.5. The van der Waals surface area contributed by atoms with E-state index in [1.807, 2.05) is 49.3 Å². The van der Waals surface area contributed by atoms with Crippen LogP contribution in [0.2, 0.25) is 0 Å². The summed E-state index contributed by atoms with van der Waals surface area (Å²) in [6.45, 7) is 3.19. The van der Waals surface area contributed by atoms with E-state index < -0.39 is 0 Å². The molecule has 0 radical (unpaired) electrons. The summed E-state index contributed by atoms with van der Waals surface area (Å²) < 4.78 is 17.2. The van der Waals surface area contributed by atoms with E-state index in [0.717, 1.165) is 42.7 Å². The summed E-state index contributed by atoms with van der Waals surface area (Å²) in [4.78, 5) is 14.4. The highest BCUT2D eigenvalue weighted by atomic mass is 16.6. The van der Waals surface area contributed by atoms with Crippen LogP contribution in [0.15, 0.2) is 48.5 Å². The fourth-order valence-electron chi connectivity index (χ4n) is 3.93. The second-order valence-electron chi connectivity index (χ2n) is 9.16. The van der Waals surface area contributed by atoms with Crippen molar-refractivity contribution in [2.24, 2.45) is 0 Å². The van der Waals surface area contributed by atoms with Crippen LogP contribution >= 0.6 is 0 Å². The van der Waals surface area contributed by atoms with Crippen molar-refractivity contribution in [2.45, 2.75) is 70.8 Å². The van der Waals surface area contributed by atoms with Crippen LogP contribution < -0.4 is 9.47 Å². The molecule has 5 heteroatoms. The number of methoxy groups -OCH3 is 1. The Bertz CT molecular complexity index is 819. The average molecular weight is 470 g/mol. The van der Waals surface area contributed by atoms with Gasteiger partial charge in [-0.2, -0.15) is 0 Å². The number of para-hydroxylation sites is 1. The number of ether oxygens (including phenoxy) is 3. The average Bonchev–Trinajstić information content (AvgIpc) is 2.84.